The number of carboxylic acid groups (broad SMARTS) is 1. The van der Waals surface area contributed by atoms with E-state index in [0.717, 1.165) is 43.9 Å². The fraction of sp³-hybridized carbons (Fsp3) is 0.391. The number of benzene rings is 1. The van der Waals surface area contributed by atoms with Crippen molar-refractivity contribution in [1.29, 1.82) is 0 Å². The zero-order valence-electron chi connectivity index (χ0n) is 17.0. The molecule has 0 aliphatic carbocycles. The minimum Gasteiger partial charge on any atom is -0.493 e. The van der Waals surface area contributed by atoms with Crippen molar-refractivity contribution < 1.29 is 23.8 Å². The molecule has 6 nitrogen and oxygen atoms in total. The van der Waals surface area contributed by atoms with Gasteiger partial charge < -0.3 is 19.0 Å². The third-order valence-electron chi connectivity index (χ3n) is 4.24. The number of hydrogen-bond donors (Lipinski definition) is 1. The van der Waals surface area contributed by atoms with E-state index in [1.54, 1.807) is 13.0 Å². The highest BCUT2D eigenvalue weighted by molar-refractivity contribution is 5.84. The van der Waals surface area contributed by atoms with Gasteiger partial charge in [0.15, 0.2) is 5.76 Å². The lowest BCUT2D eigenvalue weighted by molar-refractivity contribution is 0.0658. The van der Waals surface area contributed by atoms with Gasteiger partial charge in [-0.3, -0.25) is 4.79 Å². The Morgan fingerprint density at radius 3 is 2.55 bits per heavy atom. The fourth-order valence-corrected chi connectivity index (χ4v) is 2.87. The third kappa shape index (κ3) is 6.82. The highest BCUT2D eigenvalue weighted by Crippen LogP contribution is 2.20. The van der Waals surface area contributed by atoms with E-state index >= 15 is 0 Å². The predicted octanol–water partition coefficient (Wildman–Crippen LogP) is 4.95. The molecule has 0 aliphatic heterocycles. The summed E-state index contributed by atoms with van der Waals surface area (Å²) in [7, 11) is 0. The zero-order chi connectivity index (χ0) is 21.1. The summed E-state index contributed by atoms with van der Waals surface area (Å²) < 4.78 is 16.7. The number of carboxylic acids is 1. The zero-order valence-corrected chi connectivity index (χ0v) is 17.0. The quantitative estimate of drug-likeness (QED) is 0.507. The van der Waals surface area contributed by atoms with Crippen molar-refractivity contribution in [2.45, 2.75) is 46.0 Å². The van der Waals surface area contributed by atoms with E-state index in [9.17, 15) is 9.59 Å². The molecule has 156 valence electrons. The van der Waals surface area contributed by atoms with Crippen LogP contribution in [-0.2, 0) is 6.42 Å². The van der Waals surface area contributed by atoms with Gasteiger partial charge in [-0.25, -0.2) is 4.79 Å². The number of hydrogen-bond acceptors (Lipinski definition) is 5. The van der Waals surface area contributed by atoms with Gasteiger partial charge in [-0.1, -0.05) is 37.6 Å². The van der Waals surface area contributed by atoms with Gasteiger partial charge in [-0.15, -0.1) is 0 Å². The van der Waals surface area contributed by atoms with Gasteiger partial charge >= 0.3 is 5.97 Å². The molecule has 0 fully saturated rings. The number of allylic oxidation sites excluding steroid dienone is 1. The maximum absolute atomic E-state index is 12.1. The first kappa shape index (κ1) is 22.3. The Morgan fingerprint density at radius 1 is 1.14 bits per heavy atom. The summed E-state index contributed by atoms with van der Waals surface area (Å²) in [6, 6.07) is 9.03. The molecule has 0 saturated heterocycles. The standard InChI is InChI=1S/C23H28O6/c1-3-10-17-12-6-7-13-19(17)27-14-8-5-9-15-28-22-18(24)16-21(23(25)26)29-20(22)11-4-2/h4,6-7,11-13,16H,3,5,8-10,14-15H2,1-2H3,(H,25,26)/b11-4-. The maximum atomic E-state index is 12.1. The van der Waals surface area contributed by atoms with E-state index in [2.05, 4.69) is 13.0 Å². The van der Waals surface area contributed by atoms with Crippen LogP contribution in [0.1, 0.15) is 61.4 Å². The number of aromatic carboxylic acids is 1. The van der Waals surface area contributed by atoms with Crippen molar-refractivity contribution in [3.8, 4) is 11.5 Å². The average Bonchev–Trinajstić information content (AvgIpc) is 2.70. The topological polar surface area (TPSA) is 86.0 Å². The van der Waals surface area contributed by atoms with Crippen LogP contribution in [0.4, 0.5) is 0 Å². The van der Waals surface area contributed by atoms with Crippen molar-refractivity contribution in [3.63, 3.8) is 0 Å². The normalized spacial score (nSPS) is 11.0. The molecule has 2 aromatic rings. The van der Waals surface area contributed by atoms with Crippen molar-refractivity contribution in [3.05, 3.63) is 63.7 Å². The molecule has 1 aromatic heterocycles. The number of para-hydroxylation sites is 1. The highest BCUT2D eigenvalue weighted by Gasteiger charge is 2.15. The second kappa shape index (κ2) is 11.7. The largest absolute Gasteiger partial charge is 0.493 e. The second-order valence-electron chi connectivity index (χ2n) is 6.59. The van der Waals surface area contributed by atoms with Crippen LogP contribution in [0.2, 0.25) is 0 Å². The monoisotopic (exact) mass is 400 g/mol. The minimum atomic E-state index is -1.29. The lowest BCUT2D eigenvalue weighted by Crippen LogP contribution is -2.13. The van der Waals surface area contributed by atoms with Crippen molar-refractivity contribution in [2.75, 3.05) is 13.2 Å². The van der Waals surface area contributed by atoms with Crippen molar-refractivity contribution in [1.82, 2.24) is 0 Å². The number of ether oxygens (including phenoxy) is 2. The van der Waals surface area contributed by atoms with Crippen LogP contribution in [0.5, 0.6) is 11.5 Å². The molecule has 0 unspecified atom stereocenters. The molecule has 0 radical (unpaired) electrons. The first-order valence-electron chi connectivity index (χ1n) is 9.94. The third-order valence-corrected chi connectivity index (χ3v) is 4.24. The Bertz CT molecular complexity index is 881. The molecule has 0 atom stereocenters. The van der Waals surface area contributed by atoms with E-state index in [0.29, 0.717) is 13.2 Å². The molecule has 0 aliphatic rings. The summed E-state index contributed by atoms with van der Waals surface area (Å²) in [5.74, 6) is -0.598. The van der Waals surface area contributed by atoms with Crippen LogP contribution in [0, 0.1) is 0 Å². The van der Waals surface area contributed by atoms with Crippen LogP contribution in [-0.4, -0.2) is 24.3 Å². The average molecular weight is 400 g/mol. The van der Waals surface area contributed by atoms with E-state index in [1.807, 2.05) is 18.2 Å². The first-order chi connectivity index (χ1) is 14.1. The maximum Gasteiger partial charge on any atom is 0.371 e. The lowest BCUT2D eigenvalue weighted by atomic mass is 10.1. The Hall–Kier alpha value is -3.02. The first-order valence-corrected chi connectivity index (χ1v) is 9.94. The molecule has 1 N–H and O–H groups in total. The lowest BCUT2D eigenvalue weighted by Gasteiger charge is -2.11. The Labute approximate surface area is 170 Å². The van der Waals surface area contributed by atoms with E-state index in [1.165, 1.54) is 11.6 Å². The number of unbranched alkanes of at least 4 members (excludes halogenated alkanes) is 2. The molecule has 0 spiro atoms. The van der Waals surface area contributed by atoms with Gasteiger partial charge in [0.25, 0.3) is 0 Å². The summed E-state index contributed by atoms with van der Waals surface area (Å²) >= 11 is 0. The van der Waals surface area contributed by atoms with Crippen LogP contribution in [0.15, 0.2) is 45.6 Å². The molecule has 0 amide bonds. The molecule has 0 saturated carbocycles. The molecular formula is C23H28O6. The van der Waals surface area contributed by atoms with Gasteiger partial charge in [-0.2, -0.15) is 0 Å². The Balaban J connectivity index is 1.80. The fourth-order valence-electron chi connectivity index (χ4n) is 2.87. The van der Waals surface area contributed by atoms with Crippen molar-refractivity contribution >= 4 is 12.0 Å². The molecule has 6 heteroatoms. The summed E-state index contributed by atoms with van der Waals surface area (Å²) in [4.78, 5) is 23.2. The molecule has 1 aromatic carbocycles. The van der Waals surface area contributed by atoms with Gasteiger partial charge in [0, 0.05) is 6.07 Å². The number of carbonyl (C=O) groups is 1. The molecule has 1 heterocycles. The van der Waals surface area contributed by atoms with Crippen molar-refractivity contribution in [2.24, 2.45) is 0 Å². The smallest absolute Gasteiger partial charge is 0.371 e. The van der Waals surface area contributed by atoms with Gasteiger partial charge in [0.1, 0.15) is 5.75 Å². The molecule has 2 rings (SSSR count). The second-order valence-corrected chi connectivity index (χ2v) is 6.59. The number of aryl methyl sites for hydroxylation is 1. The summed E-state index contributed by atoms with van der Waals surface area (Å²) in [6.45, 7) is 4.86. The van der Waals surface area contributed by atoms with Crippen LogP contribution >= 0.6 is 0 Å². The summed E-state index contributed by atoms with van der Waals surface area (Å²) in [5.41, 5.74) is 0.726. The molecule has 0 bridgehead atoms. The molecule has 29 heavy (non-hydrogen) atoms. The van der Waals surface area contributed by atoms with E-state index in [-0.39, 0.29) is 11.5 Å². The van der Waals surface area contributed by atoms with Crippen LogP contribution in [0.25, 0.3) is 6.08 Å². The summed E-state index contributed by atoms with van der Waals surface area (Å²) in [6.07, 6.45) is 7.76. The Morgan fingerprint density at radius 2 is 1.86 bits per heavy atom. The SMILES string of the molecule is C/C=C\c1oc(C(=O)O)cc(=O)c1OCCCCCOc1ccccc1CCC. The Kier molecular flexibility index (Phi) is 9.02. The predicted molar refractivity (Wildman–Crippen MR) is 112 cm³/mol. The molecular weight excluding hydrogens is 372 g/mol. The minimum absolute atomic E-state index is 0.0397. The summed E-state index contributed by atoms with van der Waals surface area (Å²) in [5, 5.41) is 9.01. The van der Waals surface area contributed by atoms with Crippen LogP contribution in [0.3, 0.4) is 0 Å². The van der Waals surface area contributed by atoms with Crippen LogP contribution < -0.4 is 14.9 Å². The highest BCUT2D eigenvalue weighted by atomic mass is 16.5. The van der Waals surface area contributed by atoms with E-state index < -0.39 is 17.2 Å². The van der Waals surface area contributed by atoms with E-state index in [4.69, 9.17) is 19.0 Å². The van der Waals surface area contributed by atoms with Gasteiger partial charge in [0.2, 0.25) is 16.9 Å². The van der Waals surface area contributed by atoms with Gasteiger partial charge in [-0.05, 0) is 50.3 Å². The van der Waals surface area contributed by atoms with Gasteiger partial charge in [0.05, 0.1) is 13.2 Å². The number of rotatable bonds is 12.